The van der Waals surface area contributed by atoms with Gasteiger partial charge in [0.05, 0.1) is 0 Å². The Kier molecular flexibility index (Phi) is 4.16. The Morgan fingerprint density at radius 1 is 1.37 bits per heavy atom. The molecule has 2 aromatic heterocycles. The zero-order valence-electron chi connectivity index (χ0n) is 10.1. The molecule has 0 radical (unpaired) electrons. The summed E-state index contributed by atoms with van der Waals surface area (Å²) in [5.74, 6) is 0. The van der Waals surface area contributed by atoms with Crippen LogP contribution in [0.3, 0.4) is 0 Å². The molecule has 1 atom stereocenters. The van der Waals surface area contributed by atoms with Crippen LogP contribution >= 0.6 is 11.3 Å². The van der Waals surface area contributed by atoms with Gasteiger partial charge in [0.15, 0.2) is 5.01 Å². The van der Waals surface area contributed by atoms with Crippen molar-refractivity contribution in [3.8, 4) is 0 Å². The van der Waals surface area contributed by atoms with Crippen LogP contribution in [0.25, 0.3) is 0 Å². The monoisotopic (exact) mass is 287 g/mol. The van der Waals surface area contributed by atoms with Crippen molar-refractivity contribution >= 4 is 11.3 Å². The summed E-state index contributed by atoms with van der Waals surface area (Å²) in [7, 11) is 1.72. The fourth-order valence-electron chi connectivity index (χ4n) is 1.68. The average Bonchev–Trinajstić information content (AvgIpc) is 2.86. The lowest BCUT2D eigenvalue weighted by molar-refractivity contribution is -0.137. The van der Waals surface area contributed by atoms with Gasteiger partial charge < -0.3 is 5.32 Å². The Bertz CT molecular complexity index is 525. The number of halogens is 3. The molecule has 0 aromatic carbocycles. The molecular weight excluding hydrogens is 275 g/mol. The van der Waals surface area contributed by atoms with Crippen molar-refractivity contribution in [2.24, 2.45) is 0 Å². The molecule has 102 valence electrons. The number of nitrogens with one attached hydrogen (secondary N) is 1. The van der Waals surface area contributed by atoms with Gasteiger partial charge in [-0.3, -0.25) is 4.98 Å². The maximum atomic E-state index is 12.5. The standard InChI is InChI=1S/C12H12F3N3S/c1-16-9(5-8-3-2-4-17-6-8)10-7-18-11(19-10)12(13,14)15/h2-4,6-7,9,16H,5H2,1H3. The highest BCUT2D eigenvalue weighted by molar-refractivity contribution is 7.11. The summed E-state index contributed by atoms with van der Waals surface area (Å²) in [4.78, 5) is 7.99. The Labute approximate surface area is 112 Å². The first kappa shape index (κ1) is 14.0. The van der Waals surface area contributed by atoms with Crippen LogP contribution in [0.4, 0.5) is 13.2 Å². The molecule has 0 aliphatic carbocycles. The topological polar surface area (TPSA) is 37.8 Å². The molecule has 0 bridgehead atoms. The van der Waals surface area contributed by atoms with Crippen LogP contribution in [-0.2, 0) is 12.6 Å². The van der Waals surface area contributed by atoms with E-state index in [1.165, 1.54) is 6.20 Å². The second-order valence-corrected chi connectivity index (χ2v) is 5.03. The van der Waals surface area contributed by atoms with Gasteiger partial charge in [-0.2, -0.15) is 13.2 Å². The van der Waals surface area contributed by atoms with Crippen LogP contribution < -0.4 is 5.32 Å². The number of nitrogens with zero attached hydrogens (tertiary/aromatic N) is 2. The molecule has 1 unspecified atom stereocenters. The smallest absolute Gasteiger partial charge is 0.312 e. The van der Waals surface area contributed by atoms with E-state index in [0.29, 0.717) is 22.6 Å². The first-order valence-corrected chi connectivity index (χ1v) is 6.41. The molecule has 0 saturated carbocycles. The highest BCUT2D eigenvalue weighted by Crippen LogP contribution is 2.34. The lowest BCUT2D eigenvalue weighted by Gasteiger charge is -2.13. The second-order valence-electron chi connectivity index (χ2n) is 3.97. The van der Waals surface area contributed by atoms with Gasteiger partial charge in [-0.15, -0.1) is 11.3 Å². The highest BCUT2D eigenvalue weighted by atomic mass is 32.1. The van der Waals surface area contributed by atoms with Crippen LogP contribution in [0.15, 0.2) is 30.7 Å². The highest BCUT2D eigenvalue weighted by Gasteiger charge is 2.35. The van der Waals surface area contributed by atoms with E-state index in [1.807, 2.05) is 6.07 Å². The fraction of sp³-hybridized carbons (Fsp3) is 0.333. The number of aromatic nitrogens is 2. The van der Waals surface area contributed by atoms with Crippen molar-refractivity contribution in [1.29, 1.82) is 0 Å². The van der Waals surface area contributed by atoms with Crippen LogP contribution in [0, 0.1) is 0 Å². The Hall–Kier alpha value is -1.47. The molecule has 0 saturated heterocycles. The molecule has 0 aliphatic heterocycles. The quantitative estimate of drug-likeness (QED) is 0.939. The summed E-state index contributed by atoms with van der Waals surface area (Å²) in [6.07, 6.45) is 0.840. The maximum absolute atomic E-state index is 12.5. The summed E-state index contributed by atoms with van der Waals surface area (Å²) in [6.45, 7) is 0. The molecular formula is C12H12F3N3S. The third-order valence-electron chi connectivity index (χ3n) is 2.62. The van der Waals surface area contributed by atoms with Crippen LogP contribution in [0.5, 0.6) is 0 Å². The maximum Gasteiger partial charge on any atom is 0.443 e. The van der Waals surface area contributed by atoms with Crippen molar-refractivity contribution in [2.45, 2.75) is 18.6 Å². The summed E-state index contributed by atoms with van der Waals surface area (Å²) < 4.78 is 37.5. The zero-order valence-corrected chi connectivity index (χ0v) is 10.9. The zero-order chi connectivity index (χ0) is 13.9. The minimum atomic E-state index is -4.38. The normalized spacial score (nSPS) is 13.5. The van der Waals surface area contributed by atoms with Gasteiger partial charge in [0.2, 0.25) is 0 Å². The molecule has 0 aliphatic rings. The molecule has 0 spiro atoms. The van der Waals surface area contributed by atoms with Crippen LogP contribution in [-0.4, -0.2) is 17.0 Å². The lowest BCUT2D eigenvalue weighted by Crippen LogP contribution is -2.17. The first-order chi connectivity index (χ1) is 9.00. The molecule has 3 nitrogen and oxygen atoms in total. The number of thiazole rings is 1. The van der Waals surface area contributed by atoms with E-state index in [0.717, 1.165) is 5.56 Å². The SMILES string of the molecule is CNC(Cc1cccnc1)c1cnc(C(F)(F)F)s1. The molecule has 7 heteroatoms. The van der Waals surface area contributed by atoms with Crippen molar-refractivity contribution in [1.82, 2.24) is 15.3 Å². The third kappa shape index (κ3) is 3.51. The molecule has 2 heterocycles. The summed E-state index contributed by atoms with van der Waals surface area (Å²) >= 11 is 0.673. The van der Waals surface area contributed by atoms with Crippen molar-refractivity contribution < 1.29 is 13.2 Å². The molecule has 19 heavy (non-hydrogen) atoms. The van der Waals surface area contributed by atoms with E-state index >= 15 is 0 Å². The van der Waals surface area contributed by atoms with Crippen LogP contribution in [0.1, 0.15) is 21.5 Å². The van der Waals surface area contributed by atoms with Gasteiger partial charge in [-0.25, -0.2) is 4.98 Å². The third-order valence-corrected chi connectivity index (χ3v) is 3.78. The Morgan fingerprint density at radius 3 is 2.68 bits per heavy atom. The molecule has 2 aromatic rings. The van der Waals surface area contributed by atoms with Crippen molar-refractivity contribution in [2.75, 3.05) is 7.05 Å². The van der Waals surface area contributed by atoms with Gasteiger partial charge in [0.25, 0.3) is 0 Å². The summed E-state index contributed by atoms with van der Waals surface area (Å²) in [5, 5.41) is 2.20. The minimum absolute atomic E-state index is 0.196. The van der Waals surface area contributed by atoms with E-state index in [2.05, 4.69) is 15.3 Å². The summed E-state index contributed by atoms with van der Waals surface area (Å²) in [6, 6.07) is 3.50. The Balaban J connectivity index is 2.16. The van der Waals surface area contributed by atoms with E-state index in [9.17, 15) is 13.2 Å². The van der Waals surface area contributed by atoms with Gasteiger partial charge in [-0.05, 0) is 25.1 Å². The minimum Gasteiger partial charge on any atom is -0.312 e. The van der Waals surface area contributed by atoms with E-state index in [-0.39, 0.29) is 6.04 Å². The Morgan fingerprint density at radius 2 is 2.16 bits per heavy atom. The number of pyridine rings is 1. The number of likely N-dealkylation sites (N-methyl/N-ethyl adjacent to an activating group) is 1. The van der Waals surface area contributed by atoms with Crippen molar-refractivity contribution in [3.05, 3.63) is 46.2 Å². The number of hydrogen-bond donors (Lipinski definition) is 1. The first-order valence-electron chi connectivity index (χ1n) is 5.60. The lowest BCUT2D eigenvalue weighted by atomic mass is 10.1. The van der Waals surface area contributed by atoms with Crippen molar-refractivity contribution in [3.63, 3.8) is 0 Å². The molecule has 1 N–H and O–H groups in total. The predicted octanol–water partition coefficient (Wildman–Crippen LogP) is 3.06. The molecule has 2 rings (SSSR count). The number of hydrogen-bond acceptors (Lipinski definition) is 4. The molecule has 0 fully saturated rings. The van der Waals surface area contributed by atoms with E-state index in [4.69, 9.17) is 0 Å². The molecule has 0 amide bonds. The summed E-state index contributed by atoms with van der Waals surface area (Å²) in [5.41, 5.74) is 0.962. The van der Waals surface area contributed by atoms with Gasteiger partial charge >= 0.3 is 6.18 Å². The van der Waals surface area contributed by atoms with Gasteiger partial charge in [-0.1, -0.05) is 6.07 Å². The average molecular weight is 287 g/mol. The van der Waals surface area contributed by atoms with Crippen LogP contribution in [0.2, 0.25) is 0 Å². The van der Waals surface area contributed by atoms with E-state index in [1.54, 1.807) is 25.5 Å². The van der Waals surface area contributed by atoms with Gasteiger partial charge in [0, 0.05) is 29.5 Å². The second kappa shape index (κ2) is 5.66. The predicted molar refractivity (Wildman–Crippen MR) is 66.9 cm³/mol. The largest absolute Gasteiger partial charge is 0.443 e. The fourth-order valence-corrected chi connectivity index (χ4v) is 2.57. The van der Waals surface area contributed by atoms with E-state index < -0.39 is 11.2 Å². The van der Waals surface area contributed by atoms with Gasteiger partial charge in [0.1, 0.15) is 0 Å². The number of alkyl halides is 3. The number of rotatable bonds is 4.